The zero-order valence-corrected chi connectivity index (χ0v) is 12.6. The number of rotatable bonds is 1. The first-order chi connectivity index (χ1) is 9.78. The minimum atomic E-state index is -0.413. The van der Waals surface area contributed by atoms with Crippen molar-refractivity contribution >= 4 is 0 Å². The van der Waals surface area contributed by atoms with Crippen LogP contribution >= 0.6 is 0 Å². The highest BCUT2D eigenvalue weighted by Crippen LogP contribution is 2.41. The average molecular weight is 290 g/mol. The molecule has 1 aliphatic rings. The minimum absolute atomic E-state index is 0.0524. The Kier molecular flexibility index (Phi) is 3.17. The van der Waals surface area contributed by atoms with Crippen LogP contribution in [0.3, 0.4) is 0 Å². The number of nitrogens with two attached hydrogens (primary N) is 1. The number of halogens is 2. The normalized spacial score (nSPS) is 20.4. The van der Waals surface area contributed by atoms with Crippen molar-refractivity contribution in [3.05, 3.63) is 52.9 Å². The summed E-state index contributed by atoms with van der Waals surface area (Å²) in [6.45, 7) is 5.87. The van der Waals surface area contributed by atoms with E-state index in [1.807, 2.05) is 6.07 Å². The molecule has 1 aromatic heterocycles. The Hall–Kier alpha value is -1.68. The van der Waals surface area contributed by atoms with Gasteiger partial charge in [-0.3, -0.25) is 0 Å². The van der Waals surface area contributed by atoms with Gasteiger partial charge in [-0.05, 0) is 48.4 Å². The van der Waals surface area contributed by atoms with Gasteiger partial charge in [0.25, 0.3) is 0 Å². The Morgan fingerprint density at radius 1 is 1.24 bits per heavy atom. The van der Waals surface area contributed by atoms with Gasteiger partial charge in [0.15, 0.2) is 0 Å². The summed E-state index contributed by atoms with van der Waals surface area (Å²) in [4.78, 5) is 0. The Balaban J connectivity index is 2.16. The first-order valence-electron chi connectivity index (χ1n) is 7.20. The van der Waals surface area contributed by atoms with Crippen molar-refractivity contribution < 1.29 is 8.78 Å². The van der Waals surface area contributed by atoms with E-state index in [4.69, 9.17) is 5.73 Å². The standard InChI is InChI=1S/C17H20F2N2/c1-10-6-13(19)15(7-12(10)18)21-5-4-11-14(20)8-17(2,3)9-16(11)21/h4-7,14H,8-9,20H2,1-3H3. The van der Waals surface area contributed by atoms with Crippen LogP contribution in [0.4, 0.5) is 8.78 Å². The third-order valence-corrected chi connectivity index (χ3v) is 4.33. The third-order valence-electron chi connectivity index (χ3n) is 4.33. The highest BCUT2D eigenvalue weighted by Gasteiger charge is 2.33. The van der Waals surface area contributed by atoms with Crippen molar-refractivity contribution in [3.63, 3.8) is 0 Å². The smallest absolute Gasteiger partial charge is 0.147 e. The predicted octanol–water partition coefficient (Wildman–Crippen LogP) is 4.04. The molecule has 1 aliphatic carbocycles. The molecule has 3 rings (SSSR count). The molecule has 0 amide bonds. The van der Waals surface area contributed by atoms with E-state index in [0.29, 0.717) is 5.56 Å². The van der Waals surface area contributed by atoms with Gasteiger partial charge in [-0.15, -0.1) is 0 Å². The van der Waals surface area contributed by atoms with Gasteiger partial charge in [0.05, 0.1) is 5.69 Å². The molecule has 0 aliphatic heterocycles. The topological polar surface area (TPSA) is 30.9 Å². The van der Waals surface area contributed by atoms with Crippen LogP contribution < -0.4 is 5.73 Å². The Labute approximate surface area is 123 Å². The van der Waals surface area contributed by atoms with E-state index in [0.717, 1.165) is 24.1 Å². The predicted molar refractivity (Wildman–Crippen MR) is 79.5 cm³/mol. The fourth-order valence-corrected chi connectivity index (χ4v) is 3.28. The molecule has 1 aromatic carbocycles. The van der Waals surface area contributed by atoms with Crippen LogP contribution in [0.5, 0.6) is 0 Å². The lowest BCUT2D eigenvalue weighted by atomic mass is 9.74. The second-order valence-corrected chi connectivity index (χ2v) is 6.79. The van der Waals surface area contributed by atoms with E-state index in [-0.39, 0.29) is 17.1 Å². The van der Waals surface area contributed by atoms with E-state index in [1.54, 1.807) is 17.7 Å². The Morgan fingerprint density at radius 2 is 1.95 bits per heavy atom. The van der Waals surface area contributed by atoms with Gasteiger partial charge in [-0.1, -0.05) is 13.8 Å². The van der Waals surface area contributed by atoms with E-state index in [9.17, 15) is 8.78 Å². The zero-order chi connectivity index (χ0) is 15.4. The molecule has 1 atom stereocenters. The number of fused-ring (bicyclic) bond motifs is 1. The molecule has 21 heavy (non-hydrogen) atoms. The number of aromatic nitrogens is 1. The Bertz CT molecular complexity index is 701. The third kappa shape index (κ3) is 2.38. The fraction of sp³-hybridized carbons (Fsp3) is 0.412. The molecule has 112 valence electrons. The summed E-state index contributed by atoms with van der Waals surface area (Å²) in [6, 6.07) is 4.37. The molecule has 0 spiro atoms. The van der Waals surface area contributed by atoms with Crippen molar-refractivity contribution in [2.24, 2.45) is 11.1 Å². The molecule has 2 N–H and O–H groups in total. The largest absolute Gasteiger partial charge is 0.324 e. The first-order valence-corrected chi connectivity index (χ1v) is 7.20. The molecule has 0 radical (unpaired) electrons. The van der Waals surface area contributed by atoms with Crippen LogP contribution in [0.15, 0.2) is 24.4 Å². The lowest BCUT2D eigenvalue weighted by molar-refractivity contribution is 0.278. The highest BCUT2D eigenvalue weighted by molar-refractivity contribution is 5.43. The van der Waals surface area contributed by atoms with Gasteiger partial charge in [0.2, 0.25) is 0 Å². The van der Waals surface area contributed by atoms with Crippen molar-refractivity contribution in [1.29, 1.82) is 0 Å². The summed E-state index contributed by atoms with van der Waals surface area (Å²) in [5.41, 5.74) is 8.87. The number of nitrogens with zero attached hydrogens (tertiary/aromatic N) is 1. The number of benzene rings is 1. The van der Waals surface area contributed by atoms with Crippen LogP contribution in [0, 0.1) is 24.0 Å². The van der Waals surface area contributed by atoms with Crippen LogP contribution in [0.25, 0.3) is 5.69 Å². The van der Waals surface area contributed by atoms with Crippen molar-refractivity contribution in [2.45, 2.75) is 39.7 Å². The molecule has 1 heterocycles. The van der Waals surface area contributed by atoms with Gasteiger partial charge in [-0.25, -0.2) is 8.78 Å². The van der Waals surface area contributed by atoms with Gasteiger partial charge in [0.1, 0.15) is 11.6 Å². The number of aryl methyl sites for hydroxylation is 1. The maximum atomic E-state index is 14.2. The summed E-state index contributed by atoms with van der Waals surface area (Å²) in [7, 11) is 0. The van der Waals surface area contributed by atoms with Crippen molar-refractivity contribution in [3.8, 4) is 5.69 Å². The summed E-state index contributed by atoms with van der Waals surface area (Å²) < 4.78 is 29.8. The zero-order valence-electron chi connectivity index (χ0n) is 12.6. The maximum absolute atomic E-state index is 14.2. The molecular formula is C17H20F2N2. The van der Waals surface area contributed by atoms with Crippen LogP contribution in [-0.4, -0.2) is 4.57 Å². The van der Waals surface area contributed by atoms with E-state index < -0.39 is 11.6 Å². The summed E-state index contributed by atoms with van der Waals surface area (Å²) in [6.07, 6.45) is 3.49. The molecule has 0 bridgehead atoms. The van der Waals surface area contributed by atoms with Crippen LogP contribution in [0.2, 0.25) is 0 Å². The van der Waals surface area contributed by atoms with E-state index >= 15 is 0 Å². The molecule has 2 aromatic rings. The molecule has 4 heteroatoms. The molecule has 0 saturated carbocycles. The van der Waals surface area contributed by atoms with Crippen LogP contribution in [0.1, 0.15) is 43.1 Å². The van der Waals surface area contributed by atoms with Crippen LogP contribution in [-0.2, 0) is 6.42 Å². The van der Waals surface area contributed by atoms with E-state index in [2.05, 4.69) is 13.8 Å². The molecule has 0 saturated heterocycles. The maximum Gasteiger partial charge on any atom is 0.147 e. The lowest BCUT2D eigenvalue weighted by Gasteiger charge is -2.34. The Morgan fingerprint density at radius 3 is 2.67 bits per heavy atom. The quantitative estimate of drug-likeness (QED) is 0.844. The minimum Gasteiger partial charge on any atom is -0.324 e. The van der Waals surface area contributed by atoms with Crippen molar-refractivity contribution in [1.82, 2.24) is 4.57 Å². The fourth-order valence-electron chi connectivity index (χ4n) is 3.28. The molecule has 1 unspecified atom stereocenters. The molecule has 0 fully saturated rings. The van der Waals surface area contributed by atoms with Gasteiger partial charge >= 0.3 is 0 Å². The number of hydrogen-bond acceptors (Lipinski definition) is 1. The first kappa shape index (κ1) is 14.3. The second kappa shape index (κ2) is 4.67. The monoisotopic (exact) mass is 290 g/mol. The molecule has 2 nitrogen and oxygen atoms in total. The lowest BCUT2D eigenvalue weighted by Crippen LogP contribution is -2.30. The SMILES string of the molecule is Cc1cc(F)c(-n2ccc3c2CC(C)(C)CC3N)cc1F. The van der Waals surface area contributed by atoms with Gasteiger partial charge < -0.3 is 10.3 Å². The van der Waals surface area contributed by atoms with Crippen molar-refractivity contribution in [2.75, 3.05) is 0 Å². The average Bonchev–Trinajstić information content (AvgIpc) is 2.76. The number of hydrogen-bond donors (Lipinski definition) is 1. The van der Waals surface area contributed by atoms with Gasteiger partial charge in [0, 0.05) is 24.0 Å². The summed E-state index contributed by atoms with van der Waals surface area (Å²) in [5, 5.41) is 0. The highest BCUT2D eigenvalue weighted by atomic mass is 19.1. The summed E-state index contributed by atoms with van der Waals surface area (Å²) in [5.74, 6) is -0.808. The molecular weight excluding hydrogens is 270 g/mol. The second-order valence-electron chi connectivity index (χ2n) is 6.79. The van der Waals surface area contributed by atoms with E-state index in [1.165, 1.54) is 12.1 Å². The van der Waals surface area contributed by atoms with Gasteiger partial charge in [-0.2, -0.15) is 0 Å². The summed E-state index contributed by atoms with van der Waals surface area (Å²) >= 11 is 0.